The number of nitrogens with zero attached hydrogens (tertiary/aromatic N) is 1. The molecule has 7 nitrogen and oxygen atoms in total. The maximum Gasteiger partial charge on any atom is 0.338 e. The van der Waals surface area contributed by atoms with Crippen LogP contribution in [0.1, 0.15) is 10.4 Å². The summed E-state index contributed by atoms with van der Waals surface area (Å²) in [6.07, 6.45) is 1.60. The van der Waals surface area contributed by atoms with Crippen molar-refractivity contribution in [3.8, 4) is 0 Å². The highest BCUT2D eigenvalue weighted by molar-refractivity contribution is 7.89. The van der Waals surface area contributed by atoms with Gasteiger partial charge in [0.25, 0.3) is 0 Å². The van der Waals surface area contributed by atoms with Crippen molar-refractivity contribution in [3.05, 3.63) is 54.0 Å². The molecule has 0 unspecified atom stereocenters. The topological polar surface area (TPSA) is 108 Å². The highest BCUT2D eigenvalue weighted by Gasteiger charge is 2.18. The van der Waals surface area contributed by atoms with Crippen molar-refractivity contribution >= 4 is 21.8 Å². The summed E-state index contributed by atoms with van der Waals surface area (Å²) >= 11 is 0. The summed E-state index contributed by atoms with van der Waals surface area (Å²) in [5.41, 5.74) is -0.695. The first-order valence-corrected chi connectivity index (χ1v) is 8.06. The predicted octanol–water partition coefficient (Wildman–Crippen LogP) is 1.31. The van der Waals surface area contributed by atoms with Gasteiger partial charge in [0, 0.05) is 19.3 Å². The second-order valence-electron chi connectivity index (χ2n) is 4.49. The molecule has 2 rings (SSSR count). The molecule has 0 radical (unpaired) electrons. The number of carboxylic acids is 1. The number of carboxylic acid groups (broad SMARTS) is 1. The van der Waals surface area contributed by atoms with Crippen LogP contribution in [0, 0.1) is 5.82 Å². The number of halogens is 1. The fourth-order valence-corrected chi connectivity index (χ4v) is 2.82. The second-order valence-corrected chi connectivity index (χ2v) is 6.25. The number of hydrogen-bond acceptors (Lipinski definition) is 5. The van der Waals surface area contributed by atoms with Crippen LogP contribution in [0.25, 0.3) is 0 Å². The fraction of sp³-hybridized carbons (Fsp3) is 0.143. The Morgan fingerprint density at radius 3 is 2.65 bits per heavy atom. The molecule has 1 aromatic heterocycles. The zero-order valence-electron chi connectivity index (χ0n) is 11.9. The van der Waals surface area contributed by atoms with Gasteiger partial charge in [0.15, 0.2) is 0 Å². The zero-order chi connectivity index (χ0) is 16.9. The molecule has 3 N–H and O–H groups in total. The number of aromatic carboxylic acids is 1. The Morgan fingerprint density at radius 1 is 1.22 bits per heavy atom. The highest BCUT2D eigenvalue weighted by atomic mass is 32.2. The summed E-state index contributed by atoms with van der Waals surface area (Å²) < 4.78 is 39.7. The molecule has 0 aliphatic rings. The van der Waals surface area contributed by atoms with Crippen LogP contribution < -0.4 is 10.0 Å². The summed E-state index contributed by atoms with van der Waals surface area (Å²) in [6.45, 7) is 0.335. The average Bonchev–Trinajstić information content (AvgIpc) is 2.52. The van der Waals surface area contributed by atoms with Gasteiger partial charge in [-0.2, -0.15) is 0 Å². The summed E-state index contributed by atoms with van der Waals surface area (Å²) in [5.74, 6) is -1.92. The summed E-state index contributed by atoms with van der Waals surface area (Å²) in [6, 6.07) is 7.87. The normalized spacial score (nSPS) is 11.2. The average molecular weight is 339 g/mol. The van der Waals surface area contributed by atoms with Gasteiger partial charge in [-0.1, -0.05) is 6.07 Å². The van der Waals surface area contributed by atoms with E-state index in [9.17, 15) is 17.6 Å². The molecule has 0 atom stereocenters. The largest absolute Gasteiger partial charge is 0.478 e. The summed E-state index contributed by atoms with van der Waals surface area (Å²) in [7, 11) is -3.93. The molecule has 0 fully saturated rings. The van der Waals surface area contributed by atoms with Crippen LogP contribution in [-0.2, 0) is 10.0 Å². The lowest BCUT2D eigenvalue weighted by Gasteiger charge is -2.09. The Morgan fingerprint density at radius 2 is 2.00 bits per heavy atom. The van der Waals surface area contributed by atoms with E-state index in [1.54, 1.807) is 24.4 Å². The molecule has 122 valence electrons. The Hall–Kier alpha value is -2.52. The van der Waals surface area contributed by atoms with Crippen molar-refractivity contribution in [2.24, 2.45) is 0 Å². The van der Waals surface area contributed by atoms with Crippen molar-refractivity contribution in [1.29, 1.82) is 0 Å². The third-order valence-corrected chi connectivity index (χ3v) is 4.33. The van der Waals surface area contributed by atoms with E-state index >= 15 is 0 Å². The first-order valence-electron chi connectivity index (χ1n) is 6.57. The molecule has 0 spiro atoms. The number of anilines is 1. The second kappa shape index (κ2) is 7.16. The van der Waals surface area contributed by atoms with Gasteiger partial charge in [-0.05, 0) is 30.3 Å². The van der Waals surface area contributed by atoms with E-state index in [0.29, 0.717) is 5.82 Å². The van der Waals surface area contributed by atoms with Gasteiger partial charge in [-0.25, -0.2) is 27.3 Å². The van der Waals surface area contributed by atoms with Crippen molar-refractivity contribution in [3.63, 3.8) is 0 Å². The molecule has 0 saturated heterocycles. The molecule has 0 amide bonds. The Balaban J connectivity index is 1.99. The number of aromatic nitrogens is 1. The van der Waals surface area contributed by atoms with Gasteiger partial charge in [0.2, 0.25) is 10.0 Å². The van der Waals surface area contributed by atoms with Crippen molar-refractivity contribution in [2.45, 2.75) is 4.90 Å². The van der Waals surface area contributed by atoms with Crippen molar-refractivity contribution in [2.75, 3.05) is 18.4 Å². The van der Waals surface area contributed by atoms with Gasteiger partial charge in [-0.3, -0.25) is 0 Å². The summed E-state index contributed by atoms with van der Waals surface area (Å²) in [5, 5.41) is 11.7. The number of nitrogens with one attached hydrogen (secondary N) is 2. The Labute approximate surface area is 132 Å². The van der Waals surface area contributed by atoms with E-state index in [0.717, 1.165) is 18.2 Å². The van der Waals surface area contributed by atoms with Crippen LogP contribution in [0.5, 0.6) is 0 Å². The minimum atomic E-state index is -3.93. The molecule has 0 aliphatic carbocycles. The minimum Gasteiger partial charge on any atom is -0.478 e. The molecule has 2 aromatic rings. The molecule has 23 heavy (non-hydrogen) atoms. The molecule has 9 heteroatoms. The van der Waals surface area contributed by atoms with Crippen LogP contribution in [-0.4, -0.2) is 37.6 Å². The third-order valence-electron chi connectivity index (χ3n) is 2.87. The number of carbonyl (C=O) groups is 1. The quantitative estimate of drug-likeness (QED) is 0.656. The van der Waals surface area contributed by atoms with E-state index < -0.39 is 27.4 Å². The van der Waals surface area contributed by atoms with E-state index in [1.165, 1.54) is 0 Å². The third kappa shape index (κ3) is 4.47. The fourth-order valence-electron chi connectivity index (χ4n) is 1.76. The highest BCUT2D eigenvalue weighted by Crippen LogP contribution is 2.15. The van der Waals surface area contributed by atoms with E-state index in [4.69, 9.17) is 5.11 Å². The number of hydrogen-bond donors (Lipinski definition) is 3. The lowest BCUT2D eigenvalue weighted by atomic mass is 10.2. The van der Waals surface area contributed by atoms with Crippen LogP contribution in [0.4, 0.5) is 10.2 Å². The first kappa shape index (κ1) is 16.8. The molecule has 1 heterocycles. The Kier molecular flexibility index (Phi) is 5.24. The van der Waals surface area contributed by atoms with Gasteiger partial charge in [0.1, 0.15) is 11.6 Å². The van der Waals surface area contributed by atoms with E-state index in [-0.39, 0.29) is 18.0 Å². The molecule has 0 aliphatic heterocycles. The van der Waals surface area contributed by atoms with Crippen molar-refractivity contribution in [1.82, 2.24) is 9.71 Å². The first-order chi connectivity index (χ1) is 10.9. The summed E-state index contributed by atoms with van der Waals surface area (Å²) in [4.78, 5) is 14.6. The number of rotatable bonds is 7. The van der Waals surface area contributed by atoms with Gasteiger partial charge < -0.3 is 10.4 Å². The maximum absolute atomic E-state index is 13.3. The number of pyridine rings is 1. The monoisotopic (exact) mass is 339 g/mol. The van der Waals surface area contributed by atoms with Crippen LogP contribution in [0.15, 0.2) is 47.5 Å². The molecule has 1 aromatic carbocycles. The van der Waals surface area contributed by atoms with Crippen LogP contribution in [0.2, 0.25) is 0 Å². The SMILES string of the molecule is O=C(O)c1cc(S(=O)(=O)NCCNc2ccccn2)ccc1F. The molecular formula is C14H14FN3O4S. The van der Waals surface area contributed by atoms with Crippen molar-refractivity contribution < 1.29 is 22.7 Å². The number of benzene rings is 1. The molecular weight excluding hydrogens is 325 g/mol. The van der Waals surface area contributed by atoms with Crippen LogP contribution >= 0.6 is 0 Å². The van der Waals surface area contributed by atoms with E-state index in [1.807, 2.05) is 0 Å². The van der Waals surface area contributed by atoms with Gasteiger partial charge in [0.05, 0.1) is 10.5 Å². The standard InChI is InChI=1S/C14H14FN3O4S/c15-12-5-4-10(9-11(12)14(19)20)23(21,22)18-8-7-17-13-3-1-2-6-16-13/h1-6,9,18H,7-8H2,(H,16,17)(H,19,20). The van der Waals surface area contributed by atoms with Gasteiger partial charge >= 0.3 is 5.97 Å². The van der Waals surface area contributed by atoms with Gasteiger partial charge in [-0.15, -0.1) is 0 Å². The molecule has 0 bridgehead atoms. The molecule has 0 saturated carbocycles. The lowest BCUT2D eigenvalue weighted by Crippen LogP contribution is -2.29. The van der Waals surface area contributed by atoms with Crippen LogP contribution in [0.3, 0.4) is 0 Å². The maximum atomic E-state index is 13.3. The Bertz CT molecular complexity index is 797. The predicted molar refractivity (Wildman–Crippen MR) is 81.3 cm³/mol. The minimum absolute atomic E-state index is 0.0543. The van der Waals surface area contributed by atoms with E-state index in [2.05, 4.69) is 15.0 Å². The smallest absolute Gasteiger partial charge is 0.338 e. The lowest BCUT2D eigenvalue weighted by molar-refractivity contribution is 0.0691. The zero-order valence-corrected chi connectivity index (χ0v) is 12.7. The number of sulfonamides is 1.